The van der Waals surface area contributed by atoms with Gasteiger partial charge >= 0.3 is 0 Å². The lowest BCUT2D eigenvalue weighted by atomic mass is 10.1. The largest absolute Gasteiger partial charge is 0.387 e. The van der Waals surface area contributed by atoms with Crippen LogP contribution in [0.5, 0.6) is 0 Å². The summed E-state index contributed by atoms with van der Waals surface area (Å²) in [6.45, 7) is 2.58. The van der Waals surface area contributed by atoms with Crippen molar-refractivity contribution in [2.24, 2.45) is 5.73 Å². The Balaban J connectivity index is 2.09. The Morgan fingerprint density at radius 1 is 1.20 bits per heavy atom. The smallest absolute Gasteiger partial charge is 0.0912 e. The predicted octanol–water partition coefficient (Wildman–Crippen LogP) is 1.28. The van der Waals surface area contributed by atoms with Gasteiger partial charge in [-0.25, -0.2) is 0 Å². The first-order valence-electron chi connectivity index (χ1n) is 5.54. The van der Waals surface area contributed by atoms with Gasteiger partial charge in [0.1, 0.15) is 0 Å². The molecule has 0 saturated carbocycles. The highest BCUT2D eigenvalue weighted by Crippen LogP contribution is 2.22. The summed E-state index contributed by atoms with van der Waals surface area (Å²) >= 11 is 0. The maximum absolute atomic E-state index is 9.55. The summed E-state index contributed by atoms with van der Waals surface area (Å²) in [5, 5.41) is 9.55. The molecule has 3 nitrogen and oxygen atoms in total. The lowest BCUT2D eigenvalue weighted by Gasteiger charge is -2.18. The van der Waals surface area contributed by atoms with Crippen molar-refractivity contribution in [3.63, 3.8) is 0 Å². The molecule has 2 rings (SSSR count). The molecule has 1 fully saturated rings. The average Bonchev–Trinajstić information content (AvgIpc) is 2.82. The fourth-order valence-electron chi connectivity index (χ4n) is 2.02. The zero-order valence-electron chi connectivity index (χ0n) is 8.89. The Kier molecular flexibility index (Phi) is 3.23. The normalized spacial score (nSPS) is 18.1. The van der Waals surface area contributed by atoms with Crippen LogP contribution in [0.2, 0.25) is 0 Å². The third-order valence-corrected chi connectivity index (χ3v) is 2.97. The summed E-state index contributed by atoms with van der Waals surface area (Å²) in [4.78, 5) is 2.37. The molecule has 1 atom stereocenters. The Hall–Kier alpha value is -1.06. The quantitative estimate of drug-likeness (QED) is 0.783. The van der Waals surface area contributed by atoms with Gasteiger partial charge in [0, 0.05) is 25.3 Å². The lowest BCUT2D eigenvalue weighted by molar-refractivity contribution is 0.187. The van der Waals surface area contributed by atoms with E-state index in [0.717, 1.165) is 18.7 Å². The summed E-state index contributed by atoms with van der Waals surface area (Å²) < 4.78 is 0. The highest BCUT2D eigenvalue weighted by Gasteiger charge is 2.12. The van der Waals surface area contributed by atoms with Crippen LogP contribution in [0, 0.1) is 0 Å². The molecule has 3 N–H and O–H groups in total. The van der Waals surface area contributed by atoms with Crippen LogP contribution in [0.25, 0.3) is 0 Å². The SMILES string of the molecule is NCC(O)c1ccc(N2CCCC2)cc1. The molecule has 0 amide bonds. The number of benzene rings is 1. The molecule has 1 aliphatic heterocycles. The molecule has 0 spiro atoms. The van der Waals surface area contributed by atoms with Crippen LogP contribution in [0.15, 0.2) is 24.3 Å². The van der Waals surface area contributed by atoms with Gasteiger partial charge in [0.25, 0.3) is 0 Å². The van der Waals surface area contributed by atoms with Crippen LogP contribution in [0.1, 0.15) is 24.5 Å². The fraction of sp³-hybridized carbons (Fsp3) is 0.500. The molecule has 1 unspecified atom stereocenters. The summed E-state index contributed by atoms with van der Waals surface area (Å²) in [7, 11) is 0. The predicted molar refractivity (Wildman–Crippen MR) is 61.9 cm³/mol. The maximum Gasteiger partial charge on any atom is 0.0912 e. The van der Waals surface area contributed by atoms with Gasteiger partial charge < -0.3 is 15.7 Å². The summed E-state index contributed by atoms with van der Waals surface area (Å²) in [6.07, 6.45) is 2.04. The van der Waals surface area contributed by atoms with E-state index in [1.54, 1.807) is 0 Å². The number of nitrogens with zero attached hydrogens (tertiary/aromatic N) is 1. The van der Waals surface area contributed by atoms with Crippen molar-refractivity contribution in [3.05, 3.63) is 29.8 Å². The number of anilines is 1. The second kappa shape index (κ2) is 4.64. The van der Waals surface area contributed by atoms with E-state index in [9.17, 15) is 5.11 Å². The van der Waals surface area contributed by atoms with Gasteiger partial charge in [-0.15, -0.1) is 0 Å². The van der Waals surface area contributed by atoms with E-state index in [-0.39, 0.29) is 6.54 Å². The molecule has 1 saturated heterocycles. The maximum atomic E-state index is 9.55. The molecule has 1 aromatic rings. The van der Waals surface area contributed by atoms with Gasteiger partial charge in [-0.3, -0.25) is 0 Å². The van der Waals surface area contributed by atoms with Gasteiger partial charge in [-0.2, -0.15) is 0 Å². The molecule has 0 aromatic heterocycles. The van der Waals surface area contributed by atoms with E-state index < -0.39 is 6.10 Å². The van der Waals surface area contributed by atoms with Gasteiger partial charge in [0.15, 0.2) is 0 Å². The number of hydrogen-bond donors (Lipinski definition) is 2. The topological polar surface area (TPSA) is 49.5 Å². The summed E-state index contributed by atoms with van der Waals surface area (Å²) in [5.41, 5.74) is 7.56. The monoisotopic (exact) mass is 206 g/mol. The molecule has 0 bridgehead atoms. The number of rotatable bonds is 3. The second-order valence-electron chi connectivity index (χ2n) is 4.04. The van der Waals surface area contributed by atoms with Crippen molar-refractivity contribution in [2.75, 3.05) is 24.5 Å². The minimum Gasteiger partial charge on any atom is -0.387 e. The molecule has 0 aliphatic carbocycles. The van der Waals surface area contributed by atoms with Crippen molar-refractivity contribution in [1.29, 1.82) is 0 Å². The van der Waals surface area contributed by atoms with Crippen molar-refractivity contribution in [2.45, 2.75) is 18.9 Å². The summed E-state index contributed by atoms with van der Waals surface area (Å²) in [5.74, 6) is 0. The minimum absolute atomic E-state index is 0.281. The van der Waals surface area contributed by atoms with E-state index in [1.807, 2.05) is 12.1 Å². The molecule has 0 radical (unpaired) electrons. The summed E-state index contributed by atoms with van der Waals surface area (Å²) in [6, 6.07) is 8.06. The van der Waals surface area contributed by atoms with Crippen LogP contribution in [-0.4, -0.2) is 24.7 Å². The molecular formula is C12H18N2O. The first-order valence-corrected chi connectivity index (χ1v) is 5.54. The van der Waals surface area contributed by atoms with Gasteiger partial charge in [0.05, 0.1) is 6.10 Å². The fourth-order valence-corrected chi connectivity index (χ4v) is 2.02. The number of nitrogens with two attached hydrogens (primary N) is 1. The minimum atomic E-state index is -0.530. The van der Waals surface area contributed by atoms with Gasteiger partial charge in [-0.05, 0) is 30.5 Å². The number of hydrogen-bond acceptors (Lipinski definition) is 3. The van der Waals surface area contributed by atoms with Crippen LogP contribution in [0.3, 0.4) is 0 Å². The van der Waals surface area contributed by atoms with Crippen molar-refractivity contribution in [3.8, 4) is 0 Å². The molecule has 1 aromatic carbocycles. The zero-order valence-corrected chi connectivity index (χ0v) is 8.89. The van der Waals surface area contributed by atoms with Crippen LogP contribution < -0.4 is 10.6 Å². The molecule has 1 heterocycles. The molecule has 15 heavy (non-hydrogen) atoms. The first-order chi connectivity index (χ1) is 7.31. The van der Waals surface area contributed by atoms with Crippen molar-refractivity contribution in [1.82, 2.24) is 0 Å². The van der Waals surface area contributed by atoms with E-state index in [4.69, 9.17) is 5.73 Å². The Morgan fingerprint density at radius 2 is 1.80 bits per heavy atom. The highest BCUT2D eigenvalue weighted by molar-refractivity contribution is 5.48. The second-order valence-corrected chi connectivity index (χ2v) is 4.04. The van der Waals surface area contributed by atoms with Crippen LogP contribution in [0.4, 0.5) is 5.69 Å². The Morgan fingerprint density at radius 3 is 2.33 bits per heavy atom. The van der Waals surface area contributed by atoms with Gasteiger partial charge in [-0.1, -0.05) is 12.1 Å². The van der Waals surface area contributed by atoms with Crippen LogP contribution >= 0.6 is 0 Å². The van der Waals surface area contributed by atoms with Crippen molar-refractivity contribution >= 4 is 5.69 Å². The van der Waals surface area contributed by atoms with E-state index in [2.05, 4.69) is 17.0 Å². The highest BCUT2D eigenvalue weighted by atomic mass is 16.3. The Labute approximate surface area is 90.5 Å². The first kappa shape index (κ1) is 10.5. The zero-order chi connectivity index (χ0) is 10.7. The number of aliphatic hydroxyl groups is 1. The lowest BCUT2D eigenvalue weighted by Crippen LogP contribution is -2.17. The van der Waals surface area contributed by atoms with Gasteiger partial charge in [0.2, 0.25) is 0 Å². The van der Waals surface area contributed by atoms with E-state index in [1.165, 1.54) is 18.5 Å². The third kappa shape index (κ3) is 2.30. The average molecular weight is 206 g/mol. The van der Waals surface area contributed by atoms with Crippen molar-refractivity contribution < 1.29 is 5.11 Å². The number of aliphatic hydroxyl groups excluding tert-OH is 1. The molecule has 1 aliphatic rings. The van der Waals surface area contributed by atoms with E-state index in [0.29, 0.717) is 0 Å². The third-order valence-electron chi connectivity index (χ3n) is 2.97. The molecule has 3 heteroatoms. The van der Waals surface area contributed by atoms with E-state index >= 15 is 0 Å². The molecular weight excluding hydrogens is 188 g/mol. The Bertz CT molecular complexity index is 304. The molecule has 82 valence electrons. The standard InChI is InChI=1S/C12H18N2O/c13-9-12(15)10-3-5-11(6-4-10)14-7-1-2-8-14/h3-6,12,15H,1-2,7-9,13H2. The van der Waals surface area contributed by atoms with Crippen LogP contribution in [-0.2, 0) is 0 Å².